The summed E-state index contributed by atoms with van der Waals surface area (Å²) in [7, 11) is 1.20. The van der Waals surface area contributed by atoms with Gasteiger partial charge in [-0.3, -0.25) is 0 Å². The molecule has 2 aliphatic rings. The van der Waals surface area contributed by atoms with Crippen LogP contribution in [0, 0.1) is 11.9 Å². The van der Waals surface area contributed by atoms with Gasteiger partial charge in [0.2, 0.25) is 0 Å². The molecule has 1 aromatic carbocycles. The Hall–Kier alpha value is -2.83. The zero-order valence-corrected chi connectivity index (χ0v) is 17.1. The molecule has 0 aliphatic heterocycles. The Kier molecular flexibility index (Phi) is 5.54. The number of azide groups is 1. The summed E-state index contributed by atoms with van der Waals surface area (Å²) in [5, 5.41) is 4.51. The van der Waals surface area contributed by atoms with Crippen molar-refractivity contribution < 1.29 is 18.7 Å². The van der Waals surface area contributed by atoms with E-state index in [1.54, 1.807) is 0 Å². The minimum atomic E-state index is -0.898. The number of pyridine rings is 1. The normalized spacial score (nSPS) is 24.0. The number of carbonyl (C=O) groups excluding carboxylic acids is 1. The molecule has 2 aromatic rings. The van der Waals surface area contributed by atoms with E-state index in [1.807, 2.05) is 18.2 Å². The van der Waals surface area contributed by atoms with Gasteiger partial charge < -0.3 is 9.47 Å². The van der Waals surface area contributed by atoms with E-state index >= 15 is 0 Å². The predicted octanol–water partition coefficient (Wildman–Crippen LogP) is 5.19. The molecule has 0 radical (unpaired) electrons. The Balaban J connectivity index is 1.67. The Morgan fingerprint density at radius 2 is 2.23 bits per heavy atom. The number of fused-ring (bicyclic) bond motifs is 3. The van der Waals surface area contributed by atoms with Gasteiger partial charge >= 0.3 is 5.97 Å². The quantitative estimate of drug-likeness (QED) is 0.207. The van der Waals surface area contributed by atoms with E-state index in [9.17, 15) is 9.18 Å². The first kappa shape index (κ1) is 20.4. The second-order valence-electron chi connectivity index (χ2n) is 7.81. The van der Waals surface area contributed by atoms with Crippen molar-refractivity contribution >= 4 is 17.6 Å². The first-order valence-corrected chi connectivity index (χ1v) is 10.0. The van der Waals surface area contributed by atoms with Gasteiger partial charge in [-0.15, -0.1) is 0 Å². The maximum Gasteiger partial charge on any atom is 0.356 e. The summed E-state index contributed by atoms with van der Waals surface area (Å²) in [6, 6.07) is 8.45. The zero-order chi connectivity index (χ0) is 21.3. The first-order chi connectivity index (χ1) is 14.5. The third-order valence-electron chi connectivity index (χ3n) is 6.20. The van der Waals surface area contributed by atoms with Gasteiger partial charge in [0.15, 0.2) is 11.4 Å². The molecule has 2 aliphatic carbocycles. The third-order valence-corrected chi connectivity index (χ3v) is 6.44. The van der Waals surface area contributed by atoms with E-state index in [2.05, 4.69) is 19.7 Å². The lowest BCUT2D eigenvalue weighted by Gasteiger charge is -2.50. The fourth-order valence-electron chi connectivity index (χ4n) is 4.62. The van der Waals surface area contributed by atoms with E-state index in [1.165, 1.54) is 19.2 Å². The molecule has 1 saturated carbocycles. The summed E-state index contributed by atoms with van der Waals surface area (Å²) in [6.45, 7) is 0.302. The van der Waals surface area contributed by atoms with Crippen LogP contribution in [0.4, 0.5) is 4.39 Å². The summed E-state index contributed by atoms with van der Waals surface area (Å²) < 4.78 is 24.8. The van der Waals surface area contributed by atoms with Gasteiger partial charge in [-0.2, -0.15) is 4.39 Å². The maximum absolute atomic E-state index is 14.4. The number of esters is 1. The number of hydrogen-bond acceptors (Lipinski definition) is 5. The maximum atomic E-state index is 14.4. The highest BCUT2D eigenvalue weighted by atomic mass is 35.5. The standard InChI is InChI=1S/C21H20ClFN4O3/c1-29-20(28)17-6-7-18(19(23)26-17)30-11-21(10-25-27-24)9-12-2-4-14(12)15-8-13(22)3-5-16(15)21/h3,5-8,12,14H,2,4,9-11H2,1H3/t12-,14-,21-/m0/s1. The van der Waals surface area contributed by atoms with Crippen LogP contribution in [0.5, 0.6) is 5.75 Å². The second kappa shape index (κ2) is 8.13. The van der Waals surface area contributed by atoms with E-state index in [0.29, 0.717) is 16.9 Å². The van der Waals surface area contributed by atoms with Crippen LogP contribution in [-0.2, 0) is 10.2 Å². The molecule has 0 saturated heterocycles. The number of nitrogens with zero attached hydrogens (tertiary/aromatic N) is 4. The number of halogens is 2. The average molecular weight is 431 g/mol. The van der Waals surface area contributed by atoms with Crippen LogP contribution < -0.4 is 4.74 Å². The fourth-order valence-corrected chi connectivity index (χ4v) is 4.80. The summed E-state index contributed by atoms with van der Waals surface area (Å²) in [5.74, 6) is -0.817. The smallest absolute Gasteiger partial charge is 0.356 e. The van der Waals surface area contributed by atoms with Gasteiger partial charge in [0, 0.05) is 21.9 Å². The molecule has 0 amide bonds. The molecular formula is C21H20ClFN4O3. The third kappa shape index (κ3) is 3.57. The van der Waals surface area contributed by atoms with E-state index in [4.69, 9.17) is 21.9 Å². The average Bonchev–Trinajstić information content (AvgIpc) is 2.72. The van der Waals surface area contributed by atoms with Crippen molar-refractivity contribution in [3.63, 3.8) is 0 Å². The Morgan fingerprint density at radius 3 is 2.90 bits per heavy atom. The lowest BCUT2D eigenvalue weighted by molar-refractivity contribution is 0.0592. The number of methoxy groups -OCH3 is 1. The molecule has 30 heavy (non-hydrogen) atoms. The second-order valence-corrected chi connectivity index (χ2v) is 8.25. The van der Waals surface area contributed by atoms with Crippen LogP contribution in [0.15, 0.2) is 35.4 Å². The van der Waals surface area contributed by atoms with Gasteiger partial charge in [-0.05, 0) is 72.0 Å². The van der Waals surface area contributed by atoms with Crippen LogP contribution in [0.1, 0.15) is 46.8 Å². The molecule has 0 spiro atoms. The van der Waals surface area contributed by atoms with E-state index < -0.39 is 17.3 Å². The summed E-state index contributed by atoms with van der Waals surface area (Å²) >= 11 is 6.25. The van der Waals surface area contributed by atoms with Gasteiger partial charge in [0.25, 0.3) is 5.95 Å². The molecule has 1 heterocycles. The van der Waals surface area contributed by atoms with Crippen molar-refractivity contribution in [1.29, 1.82) is 0 Å². The van der Waals surface area contributed by atoms with Gasteiger partial charge in [0.05, 0.1) is 13.7 Å². The lowest BCUT2D eigenvalue weighted by Crippen LogP contribution is -2.46. The largest absolute Gasteiger partial charge is 0.488 e. The molecule has 7 nitrogen and oxygen atoms in total. The minimum Gasteiger partial charge on any atom is -0.488 e. The van der Waals surface area contributed by atoms with Gasteiger partial charge in [0.1, 0.15) is 0 Å². The lowest BCUT2D eigenvalue weighted by atomic mass is 9.55. The van der Waals surface area contributed by atoms with Crippen molar-refractivity contribution in [2.75, 3.05) is 20.3 Å². The molecule has 1 fully saturated rings. The van der Waals surface area contributed by atoms with Crippen molar-refractivity contribution in [1.82, 2.24) is 4.98 Å². The summed E-state index contributed by atoms with van der Waals surface area (Å²) in [4.78, 5) is 18.1. The van der Waals surface area contributed by atoms with Crippen LogP contribution in [-0.4, -0.2) is 31.2 Å². The Bertz CT molecular complexity index is 1040. The summed E-state index contributed by atoms with van der Waals surface area (Å²) in [5.41, 5.74) is 10.4. The van der Waals surface area contributed by atoms with Crippen molar-refractivity contribution in [3.05, 3.63) is 68.6 Å². The SMILES string of the molecule is COC(=O)c1ccc(OC[C@@]2(CN=[N+]=[N-])C[C@@H]3CC[C@@H]3c3cc(Cl)ccc32)c(F)n1. The fraction of sp³-hybridized carbons (Fsp3) is 0.429. The monoisotopic (exact) mass is 430 g/mol. The Morgan fingerprint density at radius 1 is 1.40 bits per heavy atom. The molecule has 0 N–H and O–H groups in total. The van der Waals surface area contributed by atoms with Gasteiger partial charge in [-0.1, -0.05) is 22.8 Å². The number of carbonyl (C=O) groups is 1. The van der Waals surface area contributed by atoms with Crippen LogP contribution in [0.3, 0.4) is 0 Å². The zero-order valence-electron chi connectivity index (χ0n) is 16.3. The van der Waals surface area contributed by atoms with Crippen molar-refractivity contribution in [3.8, 4) is 5.75 Å². The van der Waals surface area contributed by atoms with Crippen LogP contribution in [0.2, 0.25) is 5.02 Å². The number of aromatic nitrogens is 1. The van der Waals surface area contributed by atoms with E-state index in [-0.39, 0.29) is 24.6 Å². The molecular weight excluding hydrogens is 411 g/mol. The van der Waals surface area contributed by atoms with Crippen LogP contribution >= 0.6 is 11.6 Å². The molecule has 1 aromatic heterocycles. The highest BCUT2D eigenvalue weighted by Crippen LogP contribution is 2.56. The molecule has 9 heteroatoms. The predicted molar refractivity (Wildman–Crippen MR) is 108 cm³/mol. The summed E-state index contributed by atoms with van der Waals surface area (Å²) in [6.07, 6.45) is 2.96. The molecule has 156 valence electrons. The first-order valence-electron chi connectivity index (χ1n) is 9.66. The van der Waals surface area contributed by atoms with Crippen LogP contribution in [0.25, 0.3) is 10.4 Å². The number of ether oxygens (including phenoxy) is 2. The number of rotatable bonds is 6. The molecule has 0 unspecified atom stereocenters. The molecule has 4 rings (SSSR count). The molecule has 3 atom stereocenters. The minimum absolute atomic E-state index is 0.0748. The number of hydrogen-bond donors (Lipinski definition) is 0. The Labute approximate surface area is 177 Å². The van der Waals surface area contributed by atoms with Crippen molar-refractivity contribution in [2.45, 2.75) is 30.6 Å². The van der Waals surface area contributed by atoms with E-state index in [0.717, 1.165) is 30.4 Å². The highest BCUT2D eigenvalue weighted by Gasteiger charge is 2.48. The van der Waals surface area contributed by atoms with Crippen molar-refractivity contribution in [2.24, 2.45) is 11.0 Å². The molecule has 0 bridgehead atoms. The highest BCUT2D eigenvalue weighted by molar-refractivity contribution is 6.30. The van der Waals surface area contributed by atoms with Gasteiger partial charge in [-0.25, -0.2) is 9.78 Å². The topological polar surface area (TPSA) is 97.2 Å². The number of benzene rings is 1.